The van der Waals surface area contributed by atoms with Gasteiger partial charge < -0.3 is 52.7 Å². The highest BCUT2D eigenvalue weighted by atomic mass is 31.2. The SMILES string of the molecule is COC1O[C@@H]2[C@@](CF)(COP(=O)(OCOC(=O)OC(C)C)OCOC(=O)OC(C)C)O[C@@H](n3ccc(=O)n(COC(=O)C(NC(=O)OCc4ccccc4)C(C)C)c3=O)[C@]2(C)O1. The molecule has 62 heavy (non-hydrogen) atoms. The lowest BCUT2D eigenvalue weighted by Crippen LogP contribution is -2.52. The van der Waals surface area contributed by atoms with Crippen LogP contribution in [0.2, 0.25) is 0 Å². The minimum Gasteiger partial charge on any atom is -0.445 e. The number of phosphoric acid groups is 1. The van der Waals surface area contributed by atoms with Crippen molar-refractivity contribution < 1.29 is 89.1 Å². The molecule has 346 valence electrons. The Kier molecular flexibility index (Phi) is 17.6. The Bertz CT molecular complexity index is 1980. The van der Waals surface area contributed by atoms with E-state index in [1.165, 1.54) is 41.7 Å². The van der Waals surface area contributed by atoms with E-state index in [0.717, 1.165) is 16.8 Å². The number of halogens is 1. The molecule has 0 bridgehead atoms. The highest BCUT2D eigenvalue weighted by Crippen LogP contribution is 2.56. The number of benzene rings is 1. The number of methoxy groups -OCH3 is 1. The number of aromatic nitrogens is 2. The third kappa shape index (κ3) is 12.8. The number of nitrogens with zero attached hydrogens (tertiary/aromatic N) is 2. The van der Waals surface area contributed by atoms with Crippen molar-refractivity contribution in [3.05, 3.63) is 69.0 Å². The van der Waals surface area contributed by atoms with Gasteiger partial charge in [-0.05, 0) is 46.1 Å². The predicted octanol–water partition coefficient (Wildman–Crippen LogP) is 4.00. The fraction of sp³-hybridized carbons (Fsp3) is 0.622. The number of alkyl carbamates (subject to hydrolysis) is 1. The number of fused-ring (bicyclic) bond motifs is 1. The molecule has 0 spiro atoms. The standard InChI is InChI=1S/C37H51FN3O20P/c1-22(2)27(39-31(44)50-16-25-12-10-9-11-13-25)28(43)51-19-41-26(42)14-15-40(32(41)45)30-36(7)29(59-35(49-8)61-36)37(17-38,60-30)18-54-62(48,55-20-52-33(46)57-23(3)4)56-21-53-34(47)58-24(5)6/h9-15,22-24,27,29-30,35H,16-21H2,1-8H3,(H,39,44)/t27?,29-,30+,35?,36+,37+/m0/s1. The van der Waals surface area contributed by atoms with Crippen LogP contribution < -0.4 is 16.6 Å². The van der Waals surface area contributed by atoms with Gasteiger partial charge in [0.1, 0.15) is 31.0 Å². The van der Waals surface area contributed by atoms with E-state index in [0.29, 0.717) is 10.1 Å². The summed E-state index contributed by atoms with van der Waals surface area (Å²) >= 11 is 0. The summed E-state index contributed by atoms with van der Waals surface area (Å²) in [5.74, 6) is -1.54. The van der Waals surface area contributed by atoms with Gasteiger partial charge in [-0.1, -0.05) is 44.2 Å². The van der Waals surface area contributed by atoms with Gasteiger partial charge in [0, 0.05) is 19.4 Å². The van der Waals surface area contributed by atoms with Crippen LogP contribution in [0.4, 0.5) is 18.8 Å². The summed E-state index contributed by atoms with van der Waals surface area (Å²) in [5.41, 5.74) is -5.54. The zero-order valence-electron chi connectivity index (χ0n) is 35.2. The Balaban J connectivity index is 1.56. The maximum atomic E-state index is 15.5. The second-order valence-corrected chi connectivity index (χ2v) is 16.3. The molecule has 2 aliphatic rings. The quantitative estimate of drug-likeness (QED) is 0.0803. The minimum absolute atomic E-state index is 0.0812. The smallest absolute Gasteiger partial charge is 0.445 e. The van der Waals surface area contributed by atoms with Crippen LogP contribution in [0.1, 0.15) is 60.3 Å². The summed E-state index contributed by atoms with van der Waals surface area (Å²) in [5, 5.41) is 2.42. The number of nitrogens with one attached hydrogen (secondary N) is 1. The van der Waals surface area contributed by atoms with Gasteiger partial charge in [0.05, 0.1) is 18.8 Å². The Labute approximate surface area is 354 Å². The van der Waals surface area contributed by atoms with E-state index in [-0.39, 0.29) is 6.61 Å². The Morgan fingerprint density at radius 3 is 2.03 bits per heavy atom. The molecule has 2 aromatic rings. The van der Waals surface area contributed by atoms with Gasteiger partial charge in [-0.15, -0.1) is 0 Å². The molecule has 1 N–H and O–H groups in total. The molecule has 0 saturated carbocycles. The summed E-state index contributed by atoms with van der Waals surface area (Å²) in [4.78, 5) is 76.6. The number of amides is 1. The summed E-state index contributed by atoms with van der Waals surface area (Å²) in [7, 11) is -3.80. The number of hydrogen-bond donors (Lipinski definition) is 1. The second-order valence-electron chi connectivity index (χ2n) is 14.6. The lowest BCUT2D eigenvalue weighted by Gasteiger charge is -2.31. The third-order valence-electron chi connectivity index (χ3n) is 8.85. The average Bonchev–Trinajstić information content (AvgIpc) is 3.68. The van der Waals surface area contributed by atoms with E-state index in [1.54, 1.807) is 44.2 Å². The van der Waals surface area contributed by atoms with Gasteiger partial charge >= 0.3 is 37.9 Å². The maximum Gasteiger partial charge on any atom is 0.510 e. The van der Waals surface area contributed by atoms with E-state index in [9.17, 15) is 33.3 Å². The third-order valence-corrected chi connectivity index (χ3v) is 10.1. The molecular weight excluding hydrogens is 856 g/mol. The first-order chi connectivity index (χ1) is 29.3. The molecule has 2 saturated heterocycles. The van der Waals surface area contributed by atoms with Crippen LogP contribution in [-0.2, 0) is 83.6 Å². The van der Waals surface area contributed by atoms with Crippen molar-refractivity contribution in [1.82, 2.24) is 14.5 Å². The van der Waals surface area contributed by atoms with Crippen molar-refractivity contribution in [3.8, 4) is 0 Å². The molecule has 1 aromatic carbocycles. The lowest BCUT2D eigenvalue weighted by atomic mass is 9.88. The number of esters is 1. The van der Waals surface area contributed by atoms with Crippen LogP contribution in [0.25, 0.3) is 0 Å². The van der Waals surface area contributed by atoms with E-state index >= 15 is 4.39 Å². The van der Waals surface area contributed by atoms with E-state index < -0.39 is 131 Å². The summed E-state index contributed by atoms with van der Waals surface area (Å²) in [6.45, 7) is 3.48. The topological polar surface area (TPSA) is 261 Å². The van der Waals surface area contributed by atoms with Gasteiger partial charge in [-0.2, -0.15) is 0 Å². The van der Waals surface area contributed by atoms with Crippen LogP contribution in [0, 0.1) is 5.92 Å². The lowest BCUT2D eigenvalue weighted by molar-refractivity contribution is -0.282. The maximum absolute atomic E-state index is 15.5. The molecule has 3 heterocycles. The molecular formula is C37H51FN3O20P. The molecule has 4 rings (SSSR count). The highest BCUT2D eigenvalue weighted by molar-refractivity contribution is 7.48. The average molecular weight is 908 g/mol. The molecule has 23 nitrogen and oxygen atoms in total. The number of ether oxygens (including phenoxy) is 10. The molecule has 2 fully saturated rings. The predicted molar refractivity (Wildman–Crippen MR) is 204 cm³/mol. The van der Waals surface area contributed by atoms with Crippen molar-refractivity contribution >= 4 is 32.2 Å². The monoisotopic (exact) mass is 907 g/mol. The molecule has 0 aliphatic carbocycles. The number of carbonyl (C=O) groups excluding carboxylic acids is 4. The van der Waals surface area contributed by atoms with Gasteiger partial charge in [-0.25, -0.2) is 46.5 Å². The van der Waals surface area contributed by atoms with Gasteiger partial charge in [0.2, 0.25) is 13.6 Å². The van der Waals surface area contributed by atoms with Crippen LogP contribution in [-0.4, -0.2) is 110 Å². The number of hydrogen-bond acceptors (Lipinski definition) is 20. The first-order valence-corrected chi connectivity index (χ1v) is 20.5. The first-order valence-electron chi connectivity index (χ1n) is 19.0. The number of phosphoric ester groups is 1. The van der Waals surface area contributed by atoms with E-state index in [2.05, 4.69) is 5.32 Å². The van der Waals surface area contributed by atoms with Gasteiger partial charge in [0.25, 0.3) is 12.0 Å². The molecule has 2 aliphatic heterocycles. The molecule has 1 amide bonds. The largest absolute Gasteiger partial charge is 0.510 e. The fourth-order valence-corrected chi connectivity index (χ4v) is 6.90. The van der Waals surface area contributed by atoms with Gasteiger partial charge in [-0.3, -0.25) is 13.9 Å². The van der Waals surface area contributed by atoms with Crippen LogP contribution in [0.5, 0.6) is 0 Å². The Morgan fingerprint density at radius 1 is 0.871 bits per heavy atom. The van der Waals surface area contributed by atoms with Crippen molar-refractivity contribution in [3.63, 3.8) is 0 Å². The molecule has 6 atom stereocenters. The van der Waals surface area contributed by atoms with Crippen LogP contribution >= 0.6 is 7.82 Å². The van der Waals surface area contributed by atoms with Crippen LogP contribution in [0.15, 0.2) is 52.2 Å². The summed E-state index contributed by atoms with van der Waals surface area (Å²) < 4.78 is 99.0. The van der Waals surface area contributed by atoms with Crippen molar-refractivity contribution in [1.29, 1.82) is 0 Å². The zero-order chi connectivity index (χ0) is 45.8. The molecule has 0 radical (unpaired) electrons. The van der Waals surface area contributed by atoms with Crippen molar-refractivity contribution in [2.75, 3.05) is 34.0 Å². The Hall–Kier alpha value is -4.94. The summed E-state index contributed by atoms with van der Waals surface area (Å²) in [6.07, 6.45) is -6.76. The highest BCUT2D eigenvalue weighted by Gasteiger charge is 2.70. The molecule has 25 heteroatoms. The minimum atomic E-state index is -5.00. The molecule has 2 unspecified atom stereocenters. The number of rotatable bonds is 21. The first kappa shape index (κ1) is 49.7. The van der Waals surface area contributed by atoms with E-state index in [1.807, 2.05) is 0 Å². The van der Waals surface area contributed by atoms with Crippen LogP contribution in [0.3, 0.4) is 0 Å². The van der Waals surface area contributed by atoms with E-state index in [4.69, 9.17) is 60.9 Å². The number of carbonyl (C=O) groups is 4. The summed E-state index contributed by atoms with van der Waals surface area (Å²) in [6, 6.07) is 8.45. The molecule has 1 aromatic heterocycles. The van der Waals surface area contributed by atoms with Crippen molar-refractivity contribution in [2.45, 2.75) is 110 Å². The fourth-order valence-electron chi connectivity index (χ4n) is 5.93. The van der Waals surface area contributed by atoms with Crippen molar-refractivity contribution in [2.24, 2.45) is 5.92 Å². The second kappa shape index (κ2) is 21.9. The Morgan fingerprint density at radius 2 is 1.48 bits per heavy atom. The number of alkyl halides is 1. The van der Waals surface area contributed by atoms with Gasteiger partial charge in [0.15, 0.2) is 18.6 Å². The normalized spacial score (nSPS) is 22.5. The zero-order valence-corrected chi connectivity index (χ0v) is 36.1.